The number of H-pyrrole nitrogens is 2. The standard InChI is InChI=1S/C26H24N2O.2C2H6OS/c1-15-9-8-12-20(26(15)29)23(24-16(2)18-10-4-6-13-21(18)27-24)25-17(3)19-11-5-7-14-22(19)28-25;2*1-4(2)3/h4-14,23,27-29H,1-3H3;2*1-2H3. The van der Waals surface area contributed by atoms with Gasteiger partial charge in [-0.05, 0) is 49.6 Å². The SMILES string of the molecule is CS(C)=O.CS(C)=O.Cc1cccc(C(c2[nH]c3ccccc3c2C)c2[nH]c3ccccc3c2C)c1O. The Morgan fingerprint density at radius 3 is 1.46 bits per heavy atom. The molecule has 5 aromatic rings. The number of para-hydroxylation sites is 3. The van der Waals surface area contributed by atoms with Gasteiger partial charge in [0.2, 0.25) is 0 Å². The lowest BCUT2D eigenvalue weighted by molar-refractivity contribution is 0.462. The predicted octanol–water partition coefficient (Wildman–Crippen LogP) is 6.45. The van der Waals surface area contributed by atoms with Gasteiger partial charge < -0.3 is 15.1 Å². The summed E-state index contributed by atoms with van der Waals surface area (Å²) in [5.74, 6) is 0.239. The smallest absolute Gasteiger partial charge is 0.122 e. The van der Waals surface area contributed by atoms with Gasteiger partial charge in [-0.1, -0.05) is 54.6 Å². The molecule has 196 valence electrons. The molecule has 0 unspecified atom stereocenters. The Morgan fingerprint density at radius 2 is 1.05 bits per heavy atom. The van der Waals surface area contributed by atoms with Gasteiger partial charge in [-0.25, -0.2) is 0 Å². The average molecular weight is 537 g/mol. The Bertz CT molecular complexity index is 1470. The van der Waals surface area contributed by atoms with Crippen LogP contribution in [0.15, 0.2) is 66.7 Å². The highest BCUT2D eigenvalue weighted by Gasteiger charge is 2.28. The molecule has 0 saturated carbocycles. The molecule has 0 aliphatic carbocycles. The lowest BCUT2D eigenvalue weighted by Crippen LogP contribution is -2.08. The van der Waals surface area contributed by atoms with E-state index in [9.17, 15) is 13.5 Å². The molecule has 0 aliphatic heterocycles. The van der Waals surface area contributed by atoms with Crippen molar-refractivity contribution in [3.8, 4) is 5.75 Å². The predicted molar refractivity (Wildman–Crippen MR) is 160 cm³/mol. The second kappa shape index (κ2) is 12.4. The molecule has 0 aliphatic rings. The van der Waals surface area contributed by atoms with E-state index in [0.29, 0.717) is 5.75 Å². The molecule has 0 amide bonds. The van der Waals surface area contributed by atoms with Crippen LogP contribution in [-0.4, -0.2) is 48.5 Å². The first-order chi connectivity index (χ1) is 17.5. The molecule has 7 heteroatoms. The van der Waals surface area contributed by atoms with Crippen LogP contribution in [0.4, 0.5) is 0 Å². The van der Waals surface area contributed by atoms with E-state index in [1.165, 1.54) is 21.9 Å². The summed E-state index contributed by atoms with van der Waals surface area (Å²) in [5.41, 5.74) is 8.68. The highest BCUT2D eigenvalue weighted by atomic mass is 32.2. The number of aryl methyl sites for hydroxylation is 3. The maximum absolute atomic E-state index is 11.0. The summed E-state index contributed by atoms with van der Waals surface area (Å²) >= 11 is 0. The van der Waals surface area contributed by atoms with Crippen molar-refractivity contribution in [3.05, 3.63) is 100 Å². The summed E-state index contributed by atoms with van der Waals surface area (Å²) < 4.78 is 19.1. The van der Waals surface area contributed by atoms with Gasteiger partial charge in [0.25, 0.3) is 0 Å². The first kappa shape index (κ1) is 28.4. The molecular formula is C30H36N2O3S2. The van der Waals surface area contributed by atoms with Gasteiger partial charge in [0.15, 0.2) is 0 Å². The molecule has 37 heavy (non-hydrogen) atoms. The summed E-state index contributed by atoms with van der Waals surface area (Å²) in [6.45, 7) is 6.27. The minimum absolute atomic E-state index is 0.116. The molecule has 0 bridgehead atoms. The van der Waals surface area contributed by atoms with Crippen molar-refractivity contribution in [2.45, 2.75) is 26.7 Å². The lowest BCUT2D eigenvalue weighted by atomic mass is 9.87. The number of rotatable bonds is 3. The number of aromatic nitrogens is 2. The molecule has 3 aromatic carbocycles. The second-order valence-electron chi connectivity index (χ2n) is 9.35. The molecule has 5 rings (SSSR count). The highest BCUT2D eigenvalue weighted by Crippen LogP contribution is 2.42. The number of fused-ring (bicyclic) bond motifs is 2. The molecular weight excluding hydrogens is 500 g/mol. The first-order valence-electron chi connectivity index (χ1n) is 12.0. The number of aromatic hydroxyl groups is 1. The van der Waals surface area contributed by atoms with Crippen molar-refractivity contribution in [3.63, 3.8) is 0 Å². The summed E-state index contributed by atoms with van der Waals surface area (Å²) in [6, 6.07) is 22.8. The van der Waals surface area contributed by atoms with E-state index in [0.717, 1.165) is 33.5 Å². The van der Waals surface area contributed by atoms with Crippen LogP contribution in [0.3, 0.4) is 0 Å². The van der Waals surface area contributed by atoms with Crippen LogP contribution in [0.5, 0.6) is 5.75 Å². The number of benzene rings is 3. The number of phenols is 1. The Labute approximate surface area is 224 Å². The largest absolute Gasteiger partial charge is 0.507 e. The lowest BCUT2D eigenvalue weighted by Gasteiger charge is -2.20. The third-order valence-electron chi connectivity index (χ3n) is 6.17. The van der Waals surface area contributed by atoms with E-state index in [2.05, 4.69) is 72.3 Å². The molecule has 2 heterocycles. The third-order valence-corrected chi connectivity index (χ3v) is 6.17. The monoisotopic (exact) mass is 536 g/mol. The summed E-state index contributed by atoms with van der Waals surface area (Å²) in [6.07, 6.45) is 6.56. The minimum Gasteiger partial charge on any atom is -0.507 e. The Balaban J connectivity index is 0.000000420. The fourth-order valence-electron chi connectivity index (χ4n) is 4.55. The minimum atomic E-state index is -0.611. The summed E-state index contributed by atoms with van der Waals surface area (Å²) in [4.78, 5) is 7.30. The second-order valence-corrected chi connectivity index (χ2v) is 12.3. The zero-order chi connectivity index (χ0) is 27.3. The van der Waals surface area contributed by atoms with Crippen molar-refractivity contribution in [1.82, 2.24) is 9.97 Å². The number of hydrogen-bond donors (Lipinski definition) is 3. The van der Waals surface area contributed by atoms with Crippen molar-refractivity contribution >= 4 is 43.4 Å². The maximum atomic E-state index is 11.0. The zero-order valence-electron chi connectivity index (χ0n) is 22.5. The molecule has 5 nitrogen and oxygen atoms in total. The van der Waals surface area contributed by atoms with Crippen LogP contribution < -0.4 is 0 Å². The van der Waals surface area contributed by atoms with Crippen molar-refractivity contribution in [1.29, 1.82) is 0 Å². The van der Waals surface area contributed by atoms with Gasteiger partial charge in [-0.15, -0.1) is 0 Å². The topological polar surface area (TPSA) is 86.0 Å². The van der Waals surface area contributed by atoms with Crippen molar-refractivity contribution in [2.75, 3.05) is 25.0 Å². The van der Waals surface area contributed by atoms with Gasteiger partial charge in [0.1, 0.15) is 5.75 Å². The fraction of sp³-hybridized carbons (Fsp3) is 0.267. The Morgan fingerprint density at radius 1 is 0.649 bits per heavy atom. The van der Waals surface area contributed by atoms with Crippen molar-refractivity contribution in [2.24, 2.45) is 0 Å². The molecule has 2 aromatic heterocycles. The summed E-state index contributed by atoms with van der Waals surface area (Å²) in [5, 5.41) is 13.4. The van der Waals surface area contributed by atoms with Crippen LogP contribution in [0, 0.1) is 20.8 Å². The number of hydrogen-bond acceptors (Lipinski definition) is 3. The van der Waals surface area contributed by atoms with Gasteiger partial charge in [-0.3, -0.25) is 8.42 Å². The molecule has 0 radical (unpaired) electrons. The number of nitrogens with one attached hydrogen (secondary N) is 2. The van der Waals surface area contributed by atoms with Crippen molar-refractivity contribution < 1.29 is 13.5 Å². The molecule has 0 spiro atoms. The van der Waals surface area contributed by atoms with E-state index in [4.69, 9.17) is 0 Å². The summed E-state index contributed by atoms with van der Waals surface area (Å²) in [7, 11) is -1.22. The van der Waals surface area contributed by atoms with E-state index >= 15 is 0 Å². The van der Waals surface area contributed by atoms with Gasteiger partial charge in [0.05, 0.1) is 5.92 Å². The zero-order valence-corrected chi connectivity index (χ0v) is 24.1. The van der Waals surface area contributed by atoms with Gasteiger partial charge in [-0.2, -0.15) is 0 Å². The normalized spacial score (nSPS) is 11.1. The molecule has 0 fully saturated rings. The van der Waals surface area contributed by atoms with E-state index in [1.807, 2.05) is 25.1 Å². The average Bonchev–Trinajstić information content (AvgIpc) is 3.34. The van der Waals surface area contributed by atoms with Gasteiger partial charge >= 0.3 is 0 Å². The maximum Gasteiger partial charge on any atom is 0.122 e. The van der Waals surface area contributed by atoms with Crippen LogP contribution in [0.25, 0.3) is 21.8 Å². The van der Waals surface area contributed by atoms with Crippen LogP contribution in [-0.2, 0) is 21.6 Å². The molecule has 0 saturated heterocycles. The van der Waals surface area contributed by atoms with Crippen LogP contribution in [0.1, 0.15) is 39.6 Å². The first-order valence-corrected chi connectivity index (χ1v) is 15.9. The van der Waals surface area contributed by atoms with E-state index < -0.39 is 21.6 Å². The third kappa shape index (κ3) is 6.59. The van der Waals surface area contributed by atoms with Crippen LogP contribution in [0.2, 0.25) is 0 Å². The van der Waals surface area contributed by atoms with E-state index in [1.54, 1.807) is 25.0 Å². The Hall–Kier alpha value is -3.16. The van der Waals surface area contributed by atoms with Gasteiger partial charge in [0, 0.05) is 85.4 Å². The molecule has 0 atom stereocenters. The number of phenolic OH excluding ortho intramolecular Hbond substituents is 1. The number of aromatic amines is 2. The van der Waals surface area contributed by atoms with Crippen LogP contribution >= 0.6 is 0 Å². The fourth-order valence-corrected chi connectivity index (χ4v) is 4.55. The molecule has 3 N–H and O–H groups in total. The highest BCUT2D eigenvalue weighted by molar-refractivity contribution is 7.83. The Kier molecular flexibility index (Phi) is 9.51. The van der Waals surface area contributed by atoms with E-state index in [-0.39, 0.29) is 5.92 Å². The quantitative estimate of drug-likeness (QED) is 0.248.